The Labute approximate surface area is 205 Å². The van der Waals surface area contributed by atoms with E-state index in [1.54, 1.807) is 36.4 Å². The number of carboxylic acid groups (broad SMARTS) is 1. The Kier molecular flexibility index (Phi) is 7.43. The Hall–Kier alpha value is -3.44. The molecular formula is C23H24N6O3S2. The second-order valence-electron chi connectivity index (χ2n) is 7.47. The van der Waals surface area contributed by atoms with Gasteiger partial charge < -0.3 is 20.5 Å². The van der Waals surface area contributed by atoms with Crippen LogP contribution in [-0.2, 0) is 6.54 Å². The Bertz CT molecular complexity index is 1300. The van der Waals surface area contributed by atoms with Gasteiger partial charge in [-0.1, -0.05) is 0 Å². The van der Waals surface area contributed by atoms with E-state index in [1.807, 2.05) is 32.0 Å². The van der Waals surface area contributed by atoms with E-state index in [0.29, 0.717) is 24.8 Å². The number of methoxy groups -OCH3 is 1. The lowest BCUT2D eigenvalue weighted by molar-refractivity contribution is 0.195. The molecule has 4 rings (SSSR count). The summed E-state index contributed by atoms with van der Waals surface area (Å²) in [5.74, 6) is 1.88. The molecule has 9 nitrogen and oxygen atoms in total. The van der Waals surface area contributed by atoms with E-state index >= 15 is 0 Å². The minimum atomic E-state index is -1.01. The molecule has 0 saturated heterocycles. The highest BCUT2D eigenvalue weighted by Crippen LogP contribution is 2.31. The lowest BCUT2D eigenvalue weighted by Crippen LogP contribution is -2.23. The predicted molar refractivity (Wildman–Crippen MR) is 135 cm³/mol. The molecule has 34 heavy (non-hydrogen) atoms. The Morgan fingerprint density at radius 2 is 1.97 bits per heavy atom. The smallest absolute Gasteiger partial charge is 0.404 e. The molecule has 0 fully saturated rings. The van der Waals surface area contributed by atoms with Crippen molar-refractivity contribution in [1.82, 2.24) is 25.5 Å². The molecule has 0 spiro atoms. The third-order valence-corrected chi connectivity index (χ3v) is 7.02. The van der Waals surface area contributed by atoms with Gasteiger partial charge in [0.1, 0.15) is 10.8 Å². The van der Waals surface area contributed by atoms with Crippen LogP contribution in [0.25, 0.3) is 21.5 Å². The number of ether oxygens (including phenoxy) is 1. The van der Waals surface area contributed by atoms with Crippen molar-refractivity contribution in [2.75, 3.05) is 24.7 Å². The molecule has 0 atom stereocenters. The van der Waals surface area contributed by atoms with E-state index in [4.69, 9.17) is 9.84 Å². The number of hydrogen-bond acceptors (Lipinski definition) is 9. The monoisotopic (exact) mass is 496 g/mol. The normalized spacial score (nSPS) is 10.9. The molecule has 176 valence electrons. The van der Waals surface area contributed by atoms with Gasteiger partial charge >= 0.3 is 6.09 Å². The lowest BCUT2D eigenvalue weighted by atomic mass is 10.0. The van der Waals surface area contributed by atoms with Gasteiger partial charge in [-0.3, -0.25) is 0 Å². The van der Waals surface area contributed by atoms with Crippen LogP contribution in [0.5, 0.6) is 5.75 Å². The summed E-state index contributed by atoms with van der Waals surface area (Å²) < 4.78 is 6.36. The summed E-state index contributed by atoms with van der Waals surface area (Å²) in [6, 6.07) is 10.0. The fourth-order valence-corrected chi connectivity index (χ4v) is 5.40. The SMILES string of the molecule is COc1ccc2sc(CNc3nncc(-c4c(C)cc(SCCNC(=O)O)cc4C)n3)nc2c1. The van der Waals surface area contributed by atoms with Gasteiger partial charge in [0.15, 0.2) is 0 Å². The zero-order valence-electron chi connectivity index (χ0n) is 19.0. The van der Waals surface area contributed by atoms with Crippen LogP contribution in [0.3, 0.4) is 0 Å². The molecule has 1 amide bonds. The number of hydrogen-bond donors (Lipinski definition) is 3. The molecular weight excluding hydrogens is 472 g/mol. The third-order valence-electron chi connectivity index (χ3n) is 5.00. The maximum absolute atomic E-state index is 10.6. The van der Waals surface area contributed by atoms with Gasteiger partial charge in [-0.2, -0.15) is 5.10 Å². The predicted octanol–water partition coefficient (Wildman–Crippen LogP) is 4.75. The minimum absolute atomic E-state index is 0.396. The fourth-order valence-electron chi connectivity index (χ4n) is 3.55. The van der Waals surface area contributed by atoms with Crippen molar-refractivity contribution in [3.8, 4) is 17.0 Å². The van der Waals surface area contributed by atoms with Crippen molar-refractivity contribution in [1.29, 1.82) is 0 Å². The van der Waals surface area contributed by atoms with Crippen molar-refractivity contribution in [2.24, 2.45) is 0 Å². The highest BCUT2D eigenvalue weighted by atomic mass is 32.2. The molecule has 0 bridgehead atoms. The Morgan fingerprint density at radius 1 is 1.18 bits per heavy atom. The quantitative estimate of drug-likeness (QED) is 0.223. The summed E-state index contributed by atoms with van der Waals surface area (Å²) in [6.45, 7) is 4.95. The first kappa shape index (κ1) is 23.7. The Balaban J connectivity index is 1.46. The highest BCUT2D eigenvalue weighted by Gasteiger charge is 2.12. The number of nitrogens with one attached hydrogen (secondary N) is 2. The van der Waals surface area contributed by atoms with Crippen LogP contribution in [0.15, 0.2) is 41.4 Å². The van der Waals surface area contributed by atoms with E-state index in [-0.39, 0.29) is 0 Å². The van der Waals surface area contributed by atoms with Crippen molar-refractivity contribution in [2.45, 2.75) is 25.3 Å². The first-order valence-electron chi connectivity index (χ1n) is 10.5. The third kappa shape index (κ3) is 5.72. The summed E-state index contributed by atoms with van der Waals surface area (Å²) in [5, 5.41) is 23.5. The fraction of sp³-hybridized carbons (Fsp3) is 0.261. The lowest BCUT2D eigenvalue weighted by Gasteiger charge is -2.12. The molecule has 0 saturated carbocycles. The van der Waals surface area contributed by atoms with Crippen LogP contribution < -0.4 is 15.4 Å². The van der Waals surface area contributed by atoms with Gasteiger partial charge in [-0.05, 0) is 49.2 Å². The largest absolute Gasteiger partial charge is 0.497 e. The summed E-state index contributed by atoms with van der Waals surface area (Å²) in [7, 11) is 1.64. The molecule has 0 aliphatic rings. The maximum Gasteiger partial charge on any atom is 0.404 e. The summed E-state index contributed by atoms with van der Waals surface area (Å²) in [6.07, 6.45) is 0.654. The number of rotatable bonds is 9. The van der Waals surface area contributed by atoms with Gasteiger partial charge in [0, 0.05) is 28.8 Å². The second kappa shape index (κ2) is 10.7. The maximum atomic E-state index is 10.6. The molecule has 3 N–H and O–H groups in total. The average molecular weight is 497 g/mol. The number of thioether (sulfide) groups is 1. The van der Waals surface area contributed by atoms with E-state index in [1.165, 1.54) is 0 Å². The molecule has 2 aromatic carbocycles. The molecule has 2 heterocycles. The number of thiazole rings is 1. The van der Waals surface area contributed by atoms with Crippen LogP contribution in [0, 0.1) is 13.8 Å². The topological polar surface area (TPSA) is 122 Å². The van der Waals surface area contributed by atoms with Crippen LogP contribution in [0.2, 0.25) is 0 Å². The number of anilines is 1. The standard InChI is InChI=1S/C23H24N6O3S2/c1-13-8-16(33-7-6-24-23(30)31)9-14(2)21(13)18-11-26-29-22(28-18)25-12-20-27-17-10-15(32-3)4-5-19(17)34-20/h4-5,8-11,24H,6-7,12H2,1-3H3,(H,30,31)(H,25,28,29). The van der Waals surface area contributed by atoms with Crippen molar-refractivity contribution in [3.63, 3.8) is 0 Å². The zero-order valence-corrected chi connectivity index (χ0v) is 20.6. The van der Waals surface area contributed by atoms with Crippen LogP contribution in [0.1, 0.15) is 16.1 Å². The molecule has 0 aliphatic carbocycles. The summed E-state index contributed by atoms with van der Waals surface area (Å²) in [4.78, 5) is 21.0. The van der Waals surface area contributed by atoms with Crippen molar-refractivity contribution in [3.05, 3.63) is 52.7 Å². The van der Waals surface area contributed by atoms with E-state index in [9.17, 15) is 4.79 Å². The first-order valence-corrected chi connectivity index (χ1v) is 12.3. The Morgan fingerprint density at radius 3 is 2.71 bits per heavy atom. The average Bonchev–Trinajstić information content (AvgIpc) is 3.22. The summed E-state index contributed by atoms with van der Waals surface area (Å²) >= 11 is 3.22. The number of aromatic nitrogens is 4. The van der Waals surface area contributed by atoms with E-state index < -0.39 is 6.09 Å². The number of nitrogens with zero attached hydrogens (tertiary/aromatic N) is 4. The van der Waals surface area contributed by atoms with Gasteiger partial charge in [-0.15, -0.1) is 28.2 Å². The number of fused-ring (bicyclic) bond motifs is 1. The molecule has 0 aliphatic heterocycles. The highest BCUT2D eigenvalue weighted by molar-refractivity contribution is 7.99. The van der Waals surface area contributed by atoms with Gasteiger partial charge in [0.2, 0.25) is 5.95 Å². The second-order valence-corrected chi connectivity index (χ2v) is 9.76. The van der Waals surface area contributed by atoms with Gasteiger partial charge in [-0.25, -0.2) is 14.8 Å². The number of benzene rings is 2. The van der Waals surface area contributed by atoms with Gasteiger partial charge in [0.25, 0.3) is 0 Å². The number of aryl methyl sites for hydroxylation is 2. The zero-order chi connectivity index (χ0) is 24.1. The van der Waals surface area contributed by atoms with E-state index in [2.05, 4.69) is 42.9 Å². The van der Waals surface area contributed by atoms with Crippen LogP contribution >= 0.6 is 23.1 Å². The van der Waals surface area contributed by atoms with Crippen molar-refractivity contribution >= 4 is 45.4 Å². The minimum Gasteiger partial charge on any atom is -0.497 e. The first-order chi connectivity index (χ1) is 16.4. The van der Waals surface area contributed by atoms with E-state index in [0.717, 1.165) is 48.3 Å². The number of amides is 1. The van der Waals surface area contributed by atoms with Crippen LogP contribution in [-0.4, -0.2) is 50.8 Å². The van der Waals surface area contributed by atoms with Gasteiger partial charge in [0.05, 0.1) is 35.8 Å². The molecule has 4 aromatic rings. The molecule has 0 unspecified atom stereocenters. The summed E-state index contributed by atoms with van der Waals surface area (Å²) in [5.41, 5.74) is 4.79. The molecule has 0 radical (unpaired) electrons. The number of carbonyl (C=O) groups is 1. The molecule has 11 heteroatoms. The van der Waals surface area contributed by atoms with Crippen LogP contribution in [0.4, 0.5) is 10.7 Å². The molecule has 2 aromatic heterocycles. The van der Waals surface area contributed by atoms with Crippen molar-refractivity contribution < 1.29 is 14.6 Å².